The SMILES string of the molecule is COc1cccc(-c2csc3ncnc(NCc4ccccn4)c23)c1. The number of ether oxygens (including phenoxy) is 1. The van der Waals surface area contributed by atoms with Crippen LogP contribution in [0.15, 0.2) is 60.4 Å². The number of anilines is 1. The lowest BCUT2D eigenvalue weighted by Gasteiger charge is -2.09. The highest BCUT2D eigenvalue weighted by Gasteiger charge is 2.13. The van der Waals surface area contributed by atoms with Crippen molar-refractivity contribution in [2.24, 2.45) is 0 Å². The average molecular weight is 348 g/mol. The Labute approximate surface area is 149 Å². The quantitative estimate of drug-likeness (QED) is 0.580. The molecule has 0 atom stereocenters. The van der Waals surface area contributed by atoms with E-state index in [1.54, 1.807) is 31.0 Å². The van der Waals surface area contributed by atoms with Gasteiger partial charge in [-0.1, -0.05) is 18.2 Å². The third-order valence-electron chi connectivity index (χ3n) is 3.91. The maximum Gasteiger partial charge on any atom is 0.139 e. The van der Waals surface area contributed by atoms with Gasteiger partial charge in [-0.3, -0.25) is 4.98 Å². The summed E-state index contributed by atoms with van der Waals surface area (Å²) in [6, 6.07) is 13.9. The molecule has 0 aliphatic carbocycles. The molecule has 0 amide bonds. The third kappa shape index (κ3) is 3.16. The van der Waals surface area contributed by atoms with E-state index in [4.69, 9.17) is 4.74 Å². The zero-order valence-corrected chi connectivity index (χ0v) is 14.5. The molecule has 4 aromatic rings. The van der Waals surface area contributed by atoms with Crippen LogP contribution in [0.2, 0.25) is 0 Å². The molecule has 5 nitrogen and oxygen atoms in total. The number of hydrogen-bond donors (Lipinski definition) is 1. The molecule has 0 fully saturated rings. The van der Waals surface area contributed by atoms with E-state index >= 15 is 0 Å². The van der Waals surface area contributed by atoms with Crippen molar-refractivity contribution in [1.82, 2.24) is 15.0 Å². The van der Waals surface area contributed by atoms with Crippen molar-refractivity contribution < 1.29 is 4.74 Å². The Morgan fingerprint density at radius 2 is 2.04 bits per heavy atom. The van der Waals surface area contributed by atoms with Crippen LogP contribution in [-0.4, -0.2) is 22.1 Å². The van der Waals surface area contributed by atoms with Gasteiger partial charge in [0.1, 0.15) is 22.7 Å². The van der Waals surface area contributed by atoms with Crippen molar-refractivity contribution in [2.75, 3.05) is 12.4 Å². The van der Waals surface area contributed by atoms with E-state index in [2.05, 4.69) is 31.7 Å². The van der Waals surface area contributed by atoms with Crippen LogP contribution in [0.3, 0.4) is 0 Å². The van der Waals surface area contributed by atoms with E-state index in [0.29, 0.717) is 6.54 Å². The van der Waals surface area contributed by atoms with Gasteiger partial charge in [-0.05, 0) is 29.8 Å². The van der Waals surface area contributed by atoms with Gasteiger partial charge in [-0.15, -0.1) is 11.3 Å². The largest absolute Gasteiger partial charge is 0.497 e. The second kappa shape index (κ2) is 6.86. The predicted octanol–water partition coefficient (Wildman–Crippen LogP) is 4.37. The summed E-state index contributed by atoms with van der Waals surface area (Å²) >= 11 is 1.61. The van der Waals surface area contributed by atoms with Crippen molar-refractivity contribution in [2.45, 2.75) is 6.54 Å². The van der Waals surface area contributed by atoms with E-state index in [1.165, 1.54) is 0 Å². The minimum Gasteiger partial charge on any atom is -0.497 e. The molecule has 0 saturated heterocycles. The van der Waals surface area contributed by atoms with Crippen molar-refractivity contribution in [3.63, 3.8) is 0 Å². The summed E-state index contributed by atoms with van der Waals surface area (Å²) in [5.41, 5.74) is 3.15. The van der Waals surface area contributed by atoms with Gasteiger partial charge >= 0.3 is 0 Å². The second-order valence-electron chi connectivity index (χ2n) is 5.46. The van der Waals surface area contributed by atoms with E-state index in [-0.39, 0.29) is 0 Å². The van der Waals surface area contributed by atoms with Gasteiger partial charge < -0.3 is 10.1 Å². The number of nitrogens with one attached hydrogen (secondary N) is 1. The van der Waals surface area contributed by atoms with E-state index in [9.17, 15) is 0 Å². The highest BCUT2D eigenvalue weighted by Crippen LogP contribution is 2.37. The topological polar surface area (TPSA) is 59.9 Å². The fraction of sp³-hybridized carbons (Fsp3) is 0.105. The molecule has 0 unspecified atom stereocenters. The van der Waals surface area contributed by atoms with Gasteiger partial charge in [-0.2, -0.15) is 0 Å². The van der Waals surface area contributed by atoms with E-state index in [1.807, 2.05) is 36.4 Å². The number of nitrogens with zero attached hydrogens (tertiary/aromatic N) is 3. The van der Waals surface area contributed by atoms with Gasteiger partial charge in [0.25, 0.3) is 0 Å². The Kier molecular flexibility index (Phi) is 4.26. The molecule has 0 aliphatic heterocycles. The number of hydrogen-bond acceptors (Lipinski definition) is 6. The normalized spacial score (nSPS) is 10.8. The Balaban J connectivity index is 1.74. The molecule has 124 valence electrons. The second-order valence-corrected chi connectivity index (χ2v) is 6.32. The zero-order valence-electron chi connectivity index (χ0n) is 13.6. The van der Waals surface area contributed by atoms with Crippen LogP contribution >= 0.6 is 11.3 Å². The maximum atomic E-state index is 5.35. The zero-order chi connectivity index (χ0) is 17.1. The summed E-state index contributed by atoms with van der Waals surface area (Å²) in [4.78, 5) is 14.2. The van der Waals surface area contributed by atoms with Crippen molar-refractivity contribution in [1.29, 1.82) is 0 Å². The first-order valence-electron chi connectivity index (χ1n) is 7.85. The lowest BCUT2D eigenvalue weighted by atomic mass is 10.1. The minimum absolute atomic E-state index is 0.611. The summed E-state index contributed by atoms with van der Waals surface area (Å²) in [6.07, 6.45) is 3.38. The molecule has 3 heterocycles. The van der Waals surface area contributed by atoms with Crippen molar-refractivity contribution >= 4 is 27.4 Å². The molecular formula is C19H16N4OS. The molecule has 6 heteroatoms. The first-order chi connectivity index (χ1) is 12.3. The molecule has 0 bridgehead atoms. The summed E-state index contributed by atoms with van der Waals surface area (Å²) < 4.78 is 5.35. The molecule has 1 aromatic carbocycles. The molecule has 0 aliphatic rings. The summed E-state index contributed by atoms with van der Waals surface area (Å²) in [5.74, 6) is 1.64. The van der Waals surface area contributed by atoms with Crippen LogP contribution in [-0.2, 0) is 6.54 Å². The molecule has 25 heavy (non-hydrogen) atoms. The molecule has 1 N–H and O–H groups in total. The number of pyridine rings is 1. The highest BCUT2D eigenvalue weighted by atomic mass is 32.1. The van der Waals surface area contributed by atoms with Gasteiger partial charge in [0.15, 0.2) is 0 Å². The van der Waals surface area contributed by atoms with Gasteiger partial charge in [0, 0.05) is 17.1 Å². The highest BCUT2D eigenvalue weighted by molar-refractivity contribution is 7.17. The number of thiophene rings is 1. The number of aromatic nitrogens is 3. The molecule has 0 spiro atoms. The van der Waals surface area contributed by atoms with Crippen molar-refractivity contribution in [3.05, 3.63) is 66.1 Å². The molecular weight excluding hydrogens is 332 g/mol. The van der Waals surface area contributed by atoms with Crippen LogP contribution < -0.4 is 10.1 Å². The number of fused-ring (bicyclic) bond motifs is 1. The Morgan fingerprint density at radius 3 is 2.88 bits per heavy atom. The lowest BCUT2D eigenvalue weighted by Crippen LogP contribution is -2.03. The monoisotopic (exact) mass is 348 g/mol. The summed E-state index contributed by atoms with van der Waals surface area (Å²) in [6.45, 7) is 0.611. The summed E-state index contributed by atoms with van der Waals surface area (Å²) in [5, 5.41) is 6.53. The van der Waals surface area contributed by atoms with Crippen molar-refractivity contribution in [3.8, 4) is 16.9 Å². The fourth-order valence-corrected chi connectivity index (χ4v) is 3.61. The summed E-state index contributed by atoms with van der Waals surface area (Å²) in [7, 11) is 1.67. The van der Waals surface area contributed by atoms with Crippen LogP contribution in [0.25, 0.3) is 21.3 Å². The Hall–Kier alpha value is -2.99. The van der Waals surface area contributed by atoms with Crippen LogP contribution in [0.5, 0.6) is 5.75 Å². The first-order valence-corrected chi connectivity index (χ1v) is 8.73. The Morgan fingerprint density at radius 1 is 1.08 bits per heavy atom. The maximum absolute atomic E-state index is 5.35. The molecule has 0 radical (unpaired) electrons. The van der Waals surface area contributed by atoms with Crippen LogP contribution in [0.4, 0.5) is 5.82 Å². The lowest BCUT2D eigenvalue weighted by molar-refractivity contribution is 0.415. The number of rotatable bonds is 5. The number of methoxy groups -OCH3 is 1. The first kappa shape index (κ1) is 15.5. The average Bonchev–Trinajstić information content (AvgIpc) is 3.12. The van der Waals surface area contributed by atoms with E-state index < -0.39 is 0 Å². The van der Waals surface area contributed by atoms with E-state index in [0.717, 1.165) is 38.6 Å². The molecule has 4 rings (SSSR count). The van der Waals surface area contributed by atoms with Gasteiger partial charge in [0.05, 0.1) is 24.7 Å². The Bertz CT molecular complexity index is 1000. The third-order valence-corrected chi connectivity index (χ3v) is 4.80. The fourth-order valence-electron chi connectivity index (χ4n) is 2.69. The number of benzene rings is 1. The smallest absolute Gasteiger partial charge is 0.139 e. The molecule has 3 aromatic heterocycles. The van der Waals surface area contributed by atoms with Crippen LogP contribution in [0.1, 0.15) is 5.69 Å². The molecule has 0 saturated carbocycles. The van der Waals surface area contributed by atoms with Crippen LogP contribution in [0, 0.1) is 0 Å². The van der Waals surface area contributed by atoms with Gasteiger partial charge in [0.2, 0.25) is 0 Å². The minimum atomic E-state index is 0.611. The van der Waals surface area contributed by atoms with Gasteiger partial charge in [-0.25, -0.2) is 9.97 Å². The standard InChI is InChI=1S/C19H16N4OS/c1-24-15-7-4-5-13(9-15)16-11-25-19-17(16)18(22-12-23-19)21-10-14-6-2-3-8-20-14/h2-9,11-12H,10H2,1H3,(H,21,22,23). The predicted molar refractivity (Wildman–Crippen MR) is 101 cm³/mol.